The molecule has 1 aromatic heterocycles. The van der Waals surface area contributed by atoms with Crippen LogP contribution in [0, 0.1) is 11.6 Å². The summed E-state index contributed by atoms with van der Waals surface area (Å²) in [6.07, 6.45) is 1.33. The van der Waals surface area contributed by atoms with E-state index >= 15 is 0 Å². The number of anilines is 1. The highest BCUT2D eigenvalue weighted by atomic mass is 35.5. The number of sulfonamides is 1. The molecule has 6 nitrogen and oxygen atoms in total. The molecule has 0 unspecified atom stereocenters. The van der Waals surface area contributed by atoms with Crippen LogP contribution >= 0.6 is 11.6 Å². The average molecular weight is 424 g/mol. The lowest BCUT2D eigenvalue weighted by molar-refractivity contribution is 0.0992. The van der Waals surface area contributed by atoms with Gasteiger partial charge in [-0.1, -0.05) is 18.2 Å². The summed E-state index contributed by atoms with van der Waals surface area (Å²) in [7, 11) is -4.53. The lowest BCUT2D eigenvalue weighted by Crippen LogP contribution is -2.17. The molecular weight excluding hydrogens is 412 g/mol. The van der Waals surface area contributed by atoms with Gasteiger partial charge < -0.3 is 0 Å². The van der Waals surface area contributed by atoms with Gasteiger partial charge in [-0.2, -0.15) is 0 Å². The van der Waals surface area contributed by atoms with Crippen molar-refractivity contribution in [1.82, 2.24) is 9.97 Å². The number of Topliss-reactive ketones (excluding diaryl/α,β-unsaturated/α-hetero) is 1. The molecule has 1 heterocycles. The van der Waals surface area contributed by atoms with E-state index in [9.17, 15) is 22.0 Å². The second kappa shape index (κ2) is 7.99. The maximum atomic E-state index is 13.8. The van der Waals surface area contributed by atoms with Crippen LogP contribution in [0.25, 0.3) is 0 Å². The van der Waals surface area contributed by atoms with Crippen molar-refractivity contribution in [3.8, 4) is 0 Å². The molecule has 10 heteroatoms. The predicted octanol–water partition coefficient (Wildman–Crippen LogP) is 3.63. The van der Waals surface area contributed by atoms with Crippen LogP contribution in [0.15, 0.2) is 59.6 Å². The zero-order valence-corrected chi connectivity index (χ0v) is 15.6. The first-order chi connectivity index (χ1) is 13.3. The Hall–Kier alpha value is -2.91. The van der Waals surface area contributed by atoms with Gasteiger partial charge in [0.15, 0.2) is 10.7 Å². The van der Waals surface area contributed by atoms with Gasteiger partial charge in [0.05, 0.1) is 12.1 Å². The lowest BCUT2D eigenvalue weighted by atomic mass is 10.1. The first-order valence-corrected chi connectivity index (χ1v) is 9.70. The van der Waals surface area contributed by atoms with Crippen molar-refractivity contribution in [2.45, 2.75) is 11.3 Å². The minimum Gasteiger partial charge on any atom is -0.294 e. The molecular formula is C18H12ClF2N3O3S. The van der Waals surface area contributed by atoms with E-state index in [0.717, 1.165) is 18.2 Å². The van der Waals surface area contributed by atoms with E-state index in [-0.39, 0.29) is 28.7 Å². The third-order valence-corrected chi connectivity index (χ3v) is 5.26. The number of halogens is 3. The van der Waals surface area contributed by atoms with Gasteiger partial charge in [0.25, 0.3) is 10.0 Å². The van der Waals surface area contributed by atoms with E-state index in [2.05, 4.69) is 14.7 Å². The highest BCUT2D eigenvalue weighted by Gasteiger charge is 2.24. The van der Waals surface area contributed by atoms with Gasteiger partial charge in [0, 0.05) is 17.4 Å². The lowest BCUT2D eigenvalue weighted by Gasteiger charge is -2.10. The number of nitrogens with one attached hydrogen (secondary N) is 1. The van der Waals surface area contributed by atoms with Crippen molar-refractivity contribution in [3.63, 3.8) is 0 Å². The molecule has 0 fully saturated rings. The van der Waals surface area contributed by atoms with Gasteiger partial charge in [-0.05, 0) is 41.9 Å². The Morgan fingerprint density at radius 3 is 2.43 bits per heavy atom. The van der Waals surface area contributed by atoms with E-state index in [1.54, 1.807) is 0 Å². The molecule has 144 valence electrons. The average Bonchev–Trinajstić information content (AvgIpc) is 2.61. The van der Waals surface area contributed by atoms with Crippen LogP contribution in [0.1, 0.15) is 16.1 Å². The van der Waals surface area contributed by atoms with Crippen molar-refractivity contribution >= 4 is 33.1 Å². The SMILES string of the molecule is O=C(Cc1ccnc(Cl)n1)c1cccc(NS(=O)(=O)c2c(F)cccc2F)c1. The summed E-state index contributed by atoms with van der Waals surface area (Å²) in [6.45, 7) is 0. The smallest absolute Gasteiger partial charge is 0.267 e. The number of hydrogen-bond acceptors (Lipinski definition) is 5. The van der Waals surface area contributed by atoms with Gasteiger partial charge >= 0.3 is 0 Å². The Morgan fingerprint density at radius 1 is 1.07 bits per heavy atom. The minimum atomic E-state index is -4.53. The molecule has 0 radical (unpaired) electrons. The second-order valence-corrected chi connectivity index (χ2v) is 7.61. The van der Waals surface area contributed by atoms with Crippen LogP contribution in [0.4, 0.5) is 14.5 Å². The summed E-state index contributed by atoms with van der Waals surface area (Å²) < 4.78 is 54.4. The van der Waals surface area contributed by atoms with Crippen LogP contribution in [0.5, 0.6) is 0 Å². The Bertz CT molecular complexity index is 1140. The Kier molecular flexibility index (Phi) is 5.66. The van der Waals surface area contributed by atoms with Crippen LogP contribution in [-0.2, 0) is 16.4 Å². The Morgan fingerprint density at radius 2 is 1.75 bits per heavy atom. The molecule has 28 heavy (non-hydrogen) atoms. The maximum Gasteiger partial charge on any atom is 0.267 e. The molecule has 0 saturated heterocycles. The first-order valence-electron chi connectivity index (χ1n) is 7.84. The van der Waals surface area contributed by atoms with Crippen LogP contribution in [0.3, 0.4) is 0 Å². The van der Waals surface area contributed by atoms with E-state index in [1.165, 1.54) is 36.5 Å². The standard InChI is InChI=1S/C18H12ClF2N3O3S/c19-18-22-8-7-12(23-18)10-16(25)11-3-1-4-13(9-11)24-28(26,27)17-14(20)5-2-6-15(17)21/h1-9,24H,10H2. The third kappa shape index (κ3) is 4.49. The molecule has 3 rings (SSSR count). The van der Waals surface area contributed by atoms with E-state index < -0.39 is 26.6 Å². The number of benzene rings is 2. The molecule has 0 aliphatic carbocycles. The highest BCUT2D eigenvalue weighted by molar-refractivity contribution is 7.92. The summed E-state index contributed by atoms with van der Waals surface area (Å²) in [6, 6.07) is 9.80. The van der Waals surface area contributed by atoms with Gasteiger partial charge in [-0.25, -0.2) is 27.2 Å². The monoisotopic (exact) mass is 423 g/mol. The maximum absolute atomic E-state index is 13.8. The third-order valence-electron chi connectivity index (χ3n) is 3.65. The largest absolute Gasteiger partial charge is 0.294 e. The molecule has 0 atom stereocenters. The molecule has 0 bridgehead atoms. The number of carbonyl (C=O) groups is 1. The second-order valence-electron chi connectivity index (χ2n) is 5.65. The van der Waals surface area contributed by atoms with Crippen molar-refractivity contribution in [2.24, 2.45) is 0 Å². The molecule has 0 saturated carbocycles. The summed E-state index contributed by atoms with van der Waals surface area (Å²) in [5.74, 6) is -2.80. The quantitative estimate of drug-likeness (QED) is 0.483. The number of rotatable bonds is 6. The fraction of sp³-hybridized carbons (Fsp3) is 0.0556. The molecule has 0 aliphatic rings. The molecule has 3 aromatic rings. The zero-order chi connectivity index (χ0) is 20.3. The van der Waals surface area contributed by atoms with Crippen LogP contribution in [-0.4, -0.2) is 24.2 Å². The van der Waals surface area contributed by atoms with Crippen molar-refractivity contribution in [3.05, 3.63) is 82.9 Å². The number of aromatic nitrogens is 2. The van der Waals surface area contributed by atoms with Gasteiger partial charge in [0.2, 0.25) is 5.28 Å². The van der Waals surface area contributed by atoms with E-state index in [0.29, 0.717) is 5.69 Å². The van der Waals surface area contributed by atoms with Gasteiger partial charge in [-0.3, -0.25) is 9.52 Å². The fourth-order valence-corrected chi connectivity index (χ4v) is 3.79. The van der Waals surface area contributed by atoms with E-state index in [1.807, 2.05) is 0 Å². The molecule has 0 aliphatic heterocycles. The Balaban J connectivity index is 1.84. The van der Waals surface area contributed by atoms with Crippen molar-refractivity contribution in [1.29, 1.82) is 0 Å². The van der Waals surface area contributed by atoms with E-state index in [4.69, 9.17) is 11.6 Å². The van der Waals surface area contributed by atoms with Crippen LogP contribution < -0.4 is 4.72 Å². The van der Waals surface area contributed by atoms with Crippen LogP contribution in [0.2, 0.25) is 5.28 Å². The van der Waals surface area contributed by atoms with Gasteiger partial charge in [0.1, 0.15) is 11.6 Å². The normalized spacial score (nSPS) is 11.2. The molecule has 0 amide bonds. The topological polar surface area (TPSA) is 89.0 Å². The number of nitrogens with zero attached hydrogens (tertiary/aromatic N) is 2. The molecule has 2 aromatic carbocycles. The summed E-state index contributed by atoms with van der Waals surface area (Å²) >= 11 is 5.68. The summed E-state index contributed by atoms with van der Waals surface area (Å²) in [4.78, 5) is 19.0. The number of hydrogen-bond donors (Lipinski definition) is 1. The zero-order valence-electron chi connectivity index (χ0n) is 14.1. The fourth-order valence-electron chi connectivity index (χ4n) is 2.44. The molecule has 0 spiro atoms. The number of carbonyl (C=O) groups excluding carboxylic acids is 1. The minimum absolute atomic E-state index is 0.00118. The first kappa shape index (κ1) is 19.8. The molecule has 1 N–H and O–H groups in total. The summed E-state index contributed by atoms with van der Waals surface area (Å²) in [5.41, 5.74) is 0.558. The van der Waals surface area contributed by atoms with Crippen molar-refractivity contribution in [2.75, 3.05) is 4.72 Å². The number of ketones is 1. The summed E-state index contributed by atoms with van der Waals surface area (Å²) in [5, 5.41) is -0.00118. The Labute approximate surface area is 164 Å². The van der Waals surface area contributed by atoms with Crippen molar-refractivity contribution < 1.29 is 22.0 Å². The van der Waals surface area contributed by atoms with Gasteiger partial charge in [-0.15, -0.1) is 0 Å². The highest BCUT2D eigenvalue weighted by Crippen LogP contribution is 2.22. The predicted molar refractivity (Wildman–Crippen MR) is 98.7 cm³/mol.